The molecule has 0 radical (unpaired) electrons. The van der Waals surface area contributed by atoms with Gasteiger partial charge in [0.1, 0.15) is 11.3 Å². The minimum Gasteiger partial charge on any atom is -0.507 e. The quantitative estimate of drug-likeness (QED) is 0.654. The van der Waals surface area contributed by atoms with E-state index in [1.807, 2.05) is 30.3 Å². The lowest BCUT2D eigenvalue weighted by atomic mass is 10.1. The summed E-state index contributed by atoms with van der Waals surface area (Å²) in [4.78, 5) is 12.5. The second-order valence-electron chi connectivity index (χ2n) is 4.65. The molecule has 2 rings (SSSR count). The van der Waals surface area contributed by atoms with Crippen LogP contribution >= 0.6 is 0 Å². The van der Waals surface area contributed by atoms with Gasteiger partial charge >= 0.3 is 0 Å². The molecule has 0 saturated carbocycles. The van der Waals surface area contributed by atoms with Crippen molar-refractivity contribution in [1.29, 1.82) is 0 Å². The molecule has 0 aliphatic heterocycles. The Labute approximate surface area is 134 Å². The summed E-state index contributed by atoms with van der Waals surface area (Å²) in [5.41, 5.74) is 0.900. The molecule has 0 aliphatic carbocycles. The number of benzene rings is 2. The monoisotopic (exact) mass is 314 g/mol. The SMILES string of the molecule is COc1cc(O)c(C(=O)C=Cc2ccccc2)c(OC)c1OC. The molecule has 0 heterocycles. The van der Waals surface area contributed by atoms with E-state index in [4.69, 9.17) is 14.2 Å². The number of allylic oxidation sites excluding steroid dienone is 1. The van der Waals surface area contributed by atoms with Gasteiger partial charge in [0.15, 0.2) is 17.3 Å². The van der Waals surface area contributed by atoms with Crippen molar-refractivity contribution < 1.29 is 24.1 Å². The molecule has 0 saturated heterocycles. The molecule has 0 atom stereocenters. The van der Waals surface area contributed by atoms with Crippen LogP contribution in [0.25, 0.3) is 6.08 Å². The van der Waals surface area contributed by atoms with Crippen LogP contribution in [0.15, 0.2) is 42.5 Å². The molecule has 120 valence electrons. The Kier molecular flexibility index (Phi) is 5.25. The summed E-state index contributed by atoms with van der Waals surface area (Å²) in [5.74, 6) is 0.0353. The molecule has 0 fully saturated rings. The molecule has 0 bridgehead atoms. The summed E-state index contributed by atoms with van der Waals surface area (Å²) in [7, 11) is 4.27. The van der Waals surface area contributed by atoms with Crippen LogP contribution in [0.5, 0.6) is 23.0 Å². The number of ether oxygens (including phenoxy) is 3. The lowest BCUT2D eigenvalue weighted by Gasteiger charge is -2.15. The minimum atomic E-state index is -0.399. The van der Waals surface area contributed by atoms with Crippen molar-refractivity contribution >= 4 is 11.9 Å². The van der Waals surface area contributed by atoms with Crippen molar-refractivity contribution in [2.24, 2.45) is 0 Å². The van der Waals surface area contributed by atoms with Crippen LogP contribution in [0.4, 0.5) is 0 Å². The van der Waals surface area contributed by atoms with Gasteiger partial charge in [-0.15, -0.1) is 0 Å². The molecule has 2 aromatic carbocycles. The van der Waals surface area contributed by atoms with E-state index in [0.29, 0.717) is 0 Å². The van der Waals surface area contributed by atoms with Crippen molar-refractivity contribution in [3.05, 3.63) is 53.6 Å². The van der Waals surface area contributed by atoms with Gasteiger partial charge in [0.2, 0.25) is 5.75 Å². The first-order valence-corrected chi connectivity index (χ1v) is 6.91. The normalized spacial score (nSPS) is 10.6. The Balaban J connectivity index is 2.46. The molecule has 0 unspecified atom stereocenters. The average molecular weight is 314 g/mol. The number of ketones is 1. The fourth-order valence-electron chi connectivity index (χ4n) is 2.20. The number of phenols is 1. The van der Waals surface area contributed by atoms with Gasteiger partial charge in [-0.05, 0) is 11.6 Å². The Hall–Kier alpha value is -2.95. The number of phenolic OH excluding ortho intramolecular Hbond substituents is 1. The summed E-state index contributed by atoms with van der Waals surface area (Å²) in [5, 5.41) is 10.2. The van der Waals surface area contributed by atoms with Gasteiger partial charge in [0, 0.05) is 6.07 Å². The van der Waals surface area contributed by atoms with Crippen LogP contribution in [0.3, 0.4) is 0 Å². The number of carbonyl (C=O) groups is 1. The highest BCUT2D eigenvalue weighted by Gasteiger charge is 2.24. The van der Waals surface area contributed by atoms with Gasteiger partial charge < -0.3 is 19.3 Å². The van der Waals surface area contributed by atoms with E-state index in [9.17, 15) is 9.90 Å². The van der Waals surface area contributed by atoms with Crippen LogP contribution in [0.2, 0.25) is 0 Å². The third kappa shape index (κ3) is 3.45. The standard InChI is InChI=1S/C18H18O5/c1-21-15-11-14(20)16(18(23-3)17(15)22-2)13(19)10-9-12-7-5-4-6-8-12/h4-11,20H,1-3H3. The lowest BCUT2D eigenvalue weighted by Crippen LogP contribution is -2.03. The first kappa shape index (κ1) is 16.4. The Bertz CT molecular complexity index is 720. The summed E-state index contributed by atoms with van der Waals surface area (Å²) in [6.45, 7) is 0. The van der Waals surface area contributed by atoms with E-state index in [0.717, 1.165) is 5.56 Å². The molecule has 0 aliphatic rings. The van der Waals surface area contributed by atoms with E-state index in [1.165, 1.54) is 33.5 Å². The van der Waals surface area contributed by atoms with E-state index in [1.54, 1.807) is 6.08 Å². The van der Waals surface area contributed by atoms with Crippen molar-refractivity contribution in [2.45, 2.75) is 0 Å². The average Bonchev–Trinajstić information content (AvgIpc) is 2.59. The first-order chi connectivity index (χ1) is 11.1. The third-order valence-electron chi connectivity index (χ3n) is 3.28. The molecule has 2 aromatic rings. The summed E-state index contributed by atoms with van der Waals surface area (Å²) in [6.07, 6.45) is 3.04. The van der Waals surface area contributed by atoms with Gasteiger partial charge in [0.05, 0.1) is 21.3 Å². The van der Waals surface area contributed by atoms with Crippen LogP contribution in [0.1, 0.15) is 15.9 Å². The summed E-state index contributed by atoms with van der Waals surface area (Å²) < 4.78 is 15.6. The van der Waals surface area contributed by atoms with Crippen molar-refractivity contribution in [3.8, 4) is 23.0 Å². The van der Waals surface area contributed by atoms with Crippen LogP contribution in [-0.4, -0.2) is 32.2 Å². The Morgan fingerprint density at radius 2 is 1.65 bits per heavy atom. The first-order valence-electron chi connectivity index (χ1n) is 6.91. The maximum Gasteiger partial charge on any atom is 0.204 e. The maximum absolute atomic E-state index is 12.5. The number of carbonyl (C=O) groups excluding carboxylic acids is 1. The minimum absolute atomic E-state index is 0.0253. The Morgan fingerprint density at radius 1 is 1.00 bits per heavy atom. The zero-order valence-electron chi connectivity index (χ0n) is 13.2. The Morgan fingerprint density at radius 3 is 2.22 bits per heavy atom. The summed E-state index contributed by atoms with van der Waals surface area (Å²) >= 11 is 0. The number of hydrogen-bond acceptors (Lipinski definition) is 5. The van der Waals surface area contributed by atoms with Crippen LogP contribution in [-0.2, 0) is 0 Å². The van der Waals surface area contributed by atoms with Gasteiger partial charge in [-0.2, -0.15) is 0 Å². The van der Waals surface area contributed by atoms with Crippen LogP contribution in [0, 0.1) is 0 Å². The molecule has 0 spiro atoms. The summed E-state index contributed by atoms with van der Waals surface area (Å²) in [6, 6.07) is 10.7. The fraction of sp³-hybridized carbons (Fsp3) is 0.167. The van der Waals surface area contributed by atoms with Crippen LogP contribution < -0.4 is 14.2 Å². The number of methoxy groups -OCH3 is 3. The number of aromatic hydroxyl groups is 1. The topological polar surface area (TPSA) is 65.0 Å². The molecular weight excluding hydrogens is 296 g/mol. The highest BCUT2D eigenvalue weighted by molar-refractivity contribution is 6.11. The zero-order valence-corrected chi connectivity index (χ0v) is 13.2. The number of hydrogen-bond donors (Lipinski definition) is 1. The highest BCUT2D eigenvalue weighted by Crippen LogP contribution is 2.44. The van der Waals surface area contributed by atoms with Gasteiger partial charge in [0.25, 0.3) is 0 Å². The lowest BCUT2D eigenvalue weighted by molar-refractivity contribution is 0.104. The molecule has 23 heavy (non-hydrogen) atoms. The number of rotatable bonds is 6. The van der Waals surface area contributed by atoms with E-state index in [-0.39, 0.29) is 28.6 Å². The molecular formula is C18H18O5. The molecule has 0 aromatic heterocycles. The predicted molar refractivity (Wildman–Crippen MR) is 87.6 cm³/mol. The van der Waals surface area contributed by atoms with Crippen molar-refractivity contribution in [1.82, 2.24) is 0 Å². The van der Waals surface area contributed by atoms with E-state index >= 15 is 0 Å². The maximum atomic E-state index is 12.5. The largest absolute Gasteiger partial charge is 0.507 e. The molecule has 5 nitrogen and oxygen atoms in total. The molecule has 5 heteroatoms. The highest BCUT2D eigenvalue weighted by atomic mass is 16.5. The fourth-order valence-corrected chi connectivity index (χ4v) is 2.20. The van der Waals surface area contributed by atoms with Gasteiger partial charge in [-0.3, -0.25) is 4.79 Å². The van der Waals surface area contributed by atoms with Crippen molar-refractivity contribution in [2.75, 3.05) is 21.3 Å². The molecule has 1 N–H and O–H groups in total. The smallest absolute Gasteiger partial charge is 0.204 e. The second-order valence-corrected chi connectivity index (χ2v) is 4.65. The zero-order chi connectivity index (χ0) is 16.8. The van der Waals surface area contributed by atoms with Gasteiger partial charge in [-0.25, -0.2) is 0 Å². The predicted octanol–water partition coefficient (Wildman–Crippen LogP) is 3.31. The van der Waals surface area contributed by atoms with E-state index < -0.39 is 5.78 Å². The van der Waals surface area contributed by atoms with Gasteiger partial charge in [-0.1, -0.05) is 36.4 Å². The molecule has 0 amide bonds. The third-order valence-corrected chi connectivity index (χ3v) is 3.28. The van der Waals surface area contributed by atoms with E-state index in [2.05, 4.69) is 0 Å². The van der Waals surface area contributed by atoms with Crippen molar-refractivity contribution in [3.63, 3.8) is 0 Å². The second kappa shape index (κ2) is 7.35.